The van der Waals surface area contributed by atoms with Crippen LogP contribution < -0.4 is 11.1 Å². The Kier molecular flexibility index (Phi) is 6.52. The Hall–Kier alpha value is -3.24. The molecule has 0 radical (unpaired) electrons. The summed E-state index contributed by atoms with van der Waals surface area (Å²) >= 11 is 0. The van der Waals surface area contributed by atoms with Gasteiger partial charge < -0.3 is 16.0 Å². The average Bonchev–Trinajstić information content (AvgIpc) is 3.21. The van der Waals surface area contributed by atoms with Crippen LogP contribution in [-0.2, 0) is 17.6 Å². The fraction of sp³-hybridized carbons (Fsp3) is 0.400. The first-order chi connectivity index (χ1) is 15.5. The van der Waals surface area contributed by atoms with Gasteiger partial charge in [-0.15, -0.1) is 0 Å². The molecule has 0 saturated carbocycles. The molecule has 7 heteroatoms. The maximum atomic E-state index is 14.1. The second kappa shape index (κ2) is 9.49. The summed E-state index contributed by atoms with van der Waals surface area (Å²) in [5.41, 5.74) is 10.1. The zero-order chi connectivity index (χ0) is 22.7. The summed E-state index contributed by atoms with van der Waals surface area (Å²) in [6, 6.07) is 12.3. The first-order valence-corrected chi connectivity index (χ1v) is 11.1. The van der Waals surface area contributed by atoms with Gasteiger partial charge in [0.2, 0.25) is 11.8 Å². The quantitative estimate of drug-likeness (QED) is 0.683. The number of likely N-dealkylation sites (tertiary alicyclic amines) is 1. The van der Waals surface area contributed by atoms with Crippen LogP contribution in [0.15, 0.2) is 36.4 Å². The number of primary amides is 1. The van der Waals surface area contributed by atoms with Gasteiger partial charge in [0.05, 0.1) is 12.6 Å². The number of aryl methyl sites for hydroxylation is 2. The first-order valence-electron chi connectivity index (χ1n) is 11.1. The zero-order valence-corrected chi connectivity index (χ0v) is 17.9. The molecule has 2 atom stereocenters. The second-order valence-corrected chi connectivity index (χ2v) is 8.51. The van der Waals surface area contributed by atoms with Crippen molar-refractivity contribution < 1.29 is 14.0 Å². The summed E-state index contributed by atoms with van der Waals surface area (Å²) in [5, 5.41) is 12.4. The smallest absolute Gasteiger partial charge is 0.248 e. The highest BCUT2D eigenvalue weighted by molar-refractivity contribution is 5.93. The van der Waals surface area contributed by atoms with Crippen molar-refractivity contribution in [3.8, 4) is 6.07 Å². The number of amides is 2. The Morgan fingerprint density at radius 1 is 1.16 bits per heavy atom. The second-order valence-electron chi connectivity index (χ2n) is 8.51. The molecular formula is C25H27FN4O2. The van der Waals surface area contributed by atoms with E-state index in [2.05, 4.69) is 11.4 Å². The van der Waals surface area contributed by atoms with Crippen LogP contribution in [0.2, 0.25) is 0 Å². The van der Waals surface area contributed by atoms with Crippen molar-refractivity contribution in [2.75, 3.05) is 19.6 Å². The number of nitrogens with zero attached hydrogens (tertiary/aromatic N) is 2. The molecule has 0 aromatic heterocycles. The Morgan fingerprint density at radius 2 is 1.97 bits per heavy atom. The molecular weight excluding hydrogens is 407 g/mol. The lowest BCUT2D eigenvalue weighted by Gasteiger charge is -2.22. The molecule has 1 heterocycles. The number of nitriles is 1. The summed E-state index contributed by atoms with van der Waals surface area (Å²) in [6.45, 7) is 1.37. The van der Waals surface area contributed by atoms with E-state index in [1.54, 1.807) is 17.0 Å². The molecule has 1 aliphatic carbocycles. The summed E-state index contributed by atoms with van der Waals surface area (Å²) in [5.74, 6) is -0.852. The SMILES string of the molecule is N#C[C@@H]1CCCN1C(=O)CNCCC1c2ccc(C(N)=O)cc2CCc2ccc(F)cc21. The fourth-order valence-corrected chi connectivity index (χ4v) is 4.92. The van der Waals surface area contributed by atoms with Crippen LogP contribution in [0.4, 0.5) is 4.39 Å². The van der Waals surface area contributed by atoms with Crippen LogP contribution in [-0.4, -0.2) is 42.4 Å². The molecule has 1 saturated heterocycles. The Bertz CT molecular complexity index is 1080. The number of nitrogens with two attached hydrogens (primary N) is 1. The van der Waals surface area contributed by atoms with Crippen molar-refractivity contribution >= 4 is 11.8 Å². The summed E-state index contributed by atoms with van der Waals surface area (Å²) in [7, 11) is 0. The molecule has 166 valence electrons. The Labute approximate surface area is 187 Å². The van der Waals surface area contributed by atoms with Crippen LogP contribution >= 0.6 is 0 Å². The lowest BCUT2D eigenvalue weighted by molar-refractivity contribution is -0.130. The van der Waals surface area contributed by atoms with E-state index in [0.29, 0.717) is 25.1 Å². The van der Waals surface area contributed by atoms with Crippen molar-refractivity contribution in [2.45, 2.75) is 44.1 Å². The molecule has 2 amide bonds. The van der Waals surface area contributed by atoms with Gasteiger partial charge in [0.1, 0.15) is 11.9 Å². The third-order valence-electron chi connectivity index (χ3n) is 6.56. The van der Waals surface area contributed by atoms with Gasteiger partial charge in [-0.25, -0.2) is 4.39 Å². The molecule has 4 rings (SSSR count). The van der Waals surface area contributed by atoms with Crippen LogP contribution in [0.25, 0.3) is 0 Å². The van der Waals surface area contributed by atoms with Crippen LogP contribution in [0.1, 0.15) is 57.8 Å². The minimum atomic E-state index is -0.463. The van der Waals surface area contributed by atoms with Crippen molar-refractivity contribution in [1.82, 2.24) is 10.2 Å². The van der Waals surface area contributed by atoms with Gasteiger partial charge in [-0.3, -0.25) is 9.59 Å². The lowest BCUT2D eigenvalue weighted by atomic mass is 9.85. The molecule has 1 aliphatic heterocycles. The van der Waals surface area contributed by atoms with E-state index in [0.717, 1.165) is 47.9 Å². The maximum Gasteiger partial charge on any atom is 0.248 e. The molecule has 32 heavy (non-hydrogen) atoms. The van der Waals surface area contributed by atoms with Gasteiger partial charge >= 0.3 is 0 Å². The molecule has 2 aromatic rings. The lowest BCUT2D eigenvalue weighted by Crippen LogP contribution is -2.40. The largest absolute Gasteiger partial charge is 0.366 e. The number of rotatable bonds is 6. The summed E-state index contributed by atoms with van der Waals surface area (Å²) in [4.78, 5) is 25.8. The Balaban J connectivity index is 1.51. The number of carbonyl (C=O) groups excluding carboxylic acids is 2. The number of hydrogen-bond acceptors (Lipinski definition) is 4. The summed E-state index contributed by atoms with van der Waals surface area (Å²) < 4.78 is 14.1. The van der Waals surface area contributed by atoms with Crippen LogP contribution in [0, 0.1) is 17.1 Å². The van der Waals surface area contributed by atoms with E-state index in [-0.39, 0.29) is 30.2 Å². The van der Waals surface area contributed by atoms with Gasteiger partial charge in [-0.2, -0.15) is 5.26 Å². The van der Waals surface area contributed by atoms with Crippen LogP contribution in [0.3, 0.4) is 0 Å². The highest BCUT2D eigenvalue weighted by Gasteiger charge is 2.28. The van der Waals surface area contributed by atoms with Crippen LogP contribution in [0.5, 0.6) is 0 Å². The number of carbonyl (C=O) groups is 2. The zero-order valence-electron chi connectivity index (χ0n) is 17.9. The highest BCUT2D eigenvalue weighted by atomic mass is 19.1. The number of nitrogens with one attached hydrogen (secondary N) is 1. The highest BCUT2D eigenvalue weighted by Crippen LogP contribution is 2.37. The predicted molar refractivity (Wildman–Crippen MR) is 118 cm³/mol. The predicted octanol–water partition coefficient (Wildman–Crippen LogP) is 2.65. The Morgan fingerprint density at radius 3 is 2.75 bits per heavy atom. The third kappa shape index (κ3) is 4.51. The van der Waals surface area contributed by atoms with Crippen molar-refractivity contribution in [2.24, 2.45) is 5.73 Å². The first kappa shape index (κ1) is 22.0. The molecule has 6 nitrogen and oxygen atoms in total. The van der Waals surface area contributed by atoms with Crippen molar-refractivity contribution in [3.05, 3.63) is 70.0 Å². The fourth-order valence-electron chi connectivity index (χ4n) is 4.92. The molecule has 2 aliphatic rings. The molecule has 3 N–H and O–H groups in total. The van der Waals surface area contributed by atoms with Gasteiger partial charge in [0.25, 0.3) is 0 Å². The van der Waals surface area contributed by atoms with Gasteiger partial charge in [-0.1, -0.05) is 12.1 Å². The van der Waals surface area contributed by atoms with E-state index in [1.165, 1.54) is 6.07 Å². The molecule has 2 aromatic carbocycles. The van der Waals surface area contributed by atoms with Gasteiger partial charge in [0, 0.05) is 18.0 Å². The number of hydrogen-bond donors (Lipinski definition) is 2. The minimum absolute atomic E-state index is 0.0543. The molecule has 0 spiro atoms. The van der Waals surface area contributed by atoms with Crippen molar-refractivity contribution in [3.63, 3.8) is 0 Å². The van der Waals surface area contributed by atoms with E-state index in [4.69, 9.17) is 5.73 Å². The topological polar surface area (TPSA) is 99.2 Å². The normalized spacial score (nSPS) is 19.6. The van der Waals surface area contributed by atoms with Gasteiger partial charge in [0.15, 0.2) is 0 Å². The van der Waals surface area contributed by atoms with E-state index < -0.39 is 5.91 Å². The van der Waals surface area contributed by atoms with E-state index in [1.807, 2.05) is 18.2 Å². The van der Waals surface area contributed by atoms with E-state index >= 15 is 0 Å². The summed E-state index contributed by atoms with van der Waals surface area (Å²) in [6.07, 6.45) is 3.78. The molecule has 1 unspecified atom stereocenters. The third-order valence-corrected chi connectivity index (χ3v) is 6.56. The number of fused-ring (bicyclic) bond motifs is 2. The number of benzene rings is 2. The van der Waals surface area contributed by atoms with E-state index in [9.17, 15) is 19.2 Å². The van der Waals surface area contributed by atoms with Crippen molar-refractivity contribution in [1.29, 1.82) is 5.26 Å². The minimum Gasteiger partial charge on any atom is -0.366 e. The number of halogens is 1. The maximum absolute atomic E-state index is 14.1. The average molecular weight is 435 g/mol. The molecule has 0 bridgehead atoms. The van der Waals surface area contributed by atoms with Gasteiger partial charge in [-0.05, 0) is 85.2 Å². The monoisotopic (exact) mass is 434 g/mol. The molecule has 1 fully saturated rings. The standard InChI is InChI=1S/C25H27FN4O2/c26-19-7-5-16-3-4-17-12-18(25(28)32)6-8-21(17)22(23(16)13-19)9-10-29-15-24(31)30-11-1-2-20(30)14-27/h5-8,12-13,20,22,29H,1-4,9-11,15H2,(H2,28,32)/t20-,22?/m0/s1.